The van der Waals surface area contributed by atoms with Crippen LogP contribution in [0.4, 0.5) is 17.3 Å². The SMILES string of the molecule is CCO/C(=C\C(SC)=[N+]1CCCCC1)c1ccccc1.F[B-](F)(F)F. The molecule has 25 heavy (non-hydrogen) atoms. The molecule has 1 fully saturated rings. The molecule has 8 heteroatoms. The second-order valence-corrected chi connectivity index (χ2v) is 6.22. The van der Waals surface area contributed by atoms with Gasteiger partial charge in [0.15, 0.2) is 0 Å². The van der Waals surface area contributed by atoms with E-state index in [1.807, 2.05) is 24.8 Å². The summed E-state index contributed by atoms with van der Waals surface area (Å²) in [5.74, 6) is 0.975. The number of nitrogens with zero attached hydrogens (tertiary/aromatic N) is 1. The zero-order chi connectivity index (χ0) is 18.7. The monoisotopic (exact) mass is 377 g/mol. The summed E-state index contributed by atoms with van der Waals surface area (Å²) >= 11 is 1.81. The lowest BCUT2D eigenvalue weighted by Gasteiger charge is -2.13. The minimum absolute atomic E-state index is 0.697. The maximum Gasteiger partial charge on any atom is 0.673 e. The minimum Gasteiger partial charge on any atom is -0.493 e. The first-order valence-electron chi connectivity index (χ1n) is 8.28. The predicted molar refractivity (Wildman–Crippen MR) is 98.6 cm³/mol. The molecule has 1 saturated heterocycles. The summed E-state index contributed by atoms with van der Waals surface area (Å²) in [6.45, 7) is 5.07. The van der Waals surface area contributed by atoms with Crippen LogP contribution >= 0.6 is 11.8 Å². The third kappa shape index (κ3) is 9.58. The highest BCUT2D eigenvalue weighted by atomic mass is 32.2. The van der Waals surface area contributed by atoms with Gasteiger partial charge in [0, 0.05) is 18.4 Å². The standard InChI is InChI=1S/C17H24NOS.BF4/c1-3-19-16(15-10-6-4-7-11-15)14-17(20-2)18-12-8-5-9-13-18;2-1(3,4)5/h4,6-7,10-11,14H,3,5,8-9,12-13H2,1-2H3;/q+1;-1/b16-14-;. The van der Waals surface area contributed by atoms with E-state index < -0.39 is 7.25 Å². The Balaban J connectivity index is 0.000000550. The fraction of sp³-hybridized carbons (Fsp3) is 0.471. The van der Waals surface area contributed by atoms with Crippen molar-refractivity contribution in [3.8, 4) is 0 Å². The summed E-state index contributed by atoms with van der Waals surface area (Å²) in [6, 6.07) is 10.4. The first-order chi connectivity index (χ1) is 11.8. The van der Waals surface area contributed by atoms with Gasteiger partial charge in [0.1, 0.15) is 18.8 Å². The summed E-state index contributed by atoms with van der Waals surface area (Å²) in [5, 5.41) is 1.32. The first kappa shape index (κ1) is 21.6. The Morgan fingerprint density at radius 2 is 1.68 bits per heavy atom. The molecule has 1 aliphatic rings. The second-order valence-electron chi connectivity index (χ2n) is 5.39. The molecule has 0 saturated carbocycles. The van der Waals surface area contributed by atoms with Gasteiger partial charge in [0.25, 0.3) is 0 Å². The largest absolute Gasteiger partial charge is 0.673 e. The second kappa shape index (κ2) is 11.2. The summed E-state index contributed by atoms with van der Waals surface area (Å²) in [5.41, 5.74) is 1.15. The van der Waals surface area contributed by atoms with Crippen LogP contribution in [0.25, 0.3) is 5.76 Å². The third-order valence-corrected chi connectivity index (χ3v) is 4.28. The summed E-state index contributed by atoms with van der Waals surface area (Å²) < 4.78 is 47.3. The molecule has 0 bridgehead atoms. The molecular formula is C17H24BF4NOS. The van der Waals surface area contributed by atoms with Crippen LogP contribution in [-0.4, -0.2) is 42.8 Å². The van der Waals surface area contributed by atoms with Crippen molar-refractivity contribution in [3.05, 3.63) is 42.0 Å². The van der Waals surface area contributed by atoms with Crippen molar-refractivity contribution in [1.29, 1.82) is 0 Å². The van der Waals surface area contributed by atoms with Gasteiger partial charge in [-0.2, -0.15) is 0 Å². The molecule has 0 spiro atoms. The lowest BCUT2D eigenvalue weighted by molar-refractivity contribution is -0.534. The molecular weight excluding hydrogens is 353 g/mol. The van der Waals surface area contributed by atoms with Crippen LogP contribution in [-0.2, 0) is 4.74 Å². The number of halogens is 4. The van der Waals surface area contributed by atoms with Crippen LogP contribution < -0.4 is 0 Å². The van der Waals surface area contributed by atoms with Gasteiger partial charge >= 0.3 is 7.25 Å². The van der Waals surface area contributed by atoms with Crippen molar-refractivity contribution in [3.63, 3.8) is 0 Å². The Morgan fingerprint density at radius 3 is 2.16 bits per heavy atom. The summed E-state index contributed by atoms with van der Waals surface area (Å²) in [7, 11) is -6.00. The van der Waals surface area contributed by atoms with E-state index in [0.717, 1.165) is 11.3 Å². The number of ether oxygens (including phenoxy) is 1. The fourth-order valence-corrected chi connectivity index (χ4v) is 3.14. The lowest BCUT2D eigenvalue weighted by Crippen LogP contribution is -2.24. The third-order valence-electron chi connectivity index (χ3n) is 3.49. The molecule has 2 nitrogen and oxygen atoms in total. The highest BCUT2D eigenvalue weighted by Crippen LogP contribution is 2.18. The molecule has 2 rings (SSSR count). The number of piperidine rings is 1. The van der Waals surface area contributed by atoms with Gasteiger partial charge in [-0.05, 0) is 19.6 Å². The molecule has 1 aliphatic heterocycles. The molecule has 0 amide bonds. The van der Waals surface area contributed by atoms with Gasteiger partial charge in [-0.1, -0.05) is 42.1 Å². The molecule has 140 valence electrons. The number of rotatable bonds is 4. The van der Waals surface area contributed by atoms with E-state index in [9.17, 15) is 17.3 Å². The van der Waals surface area contributed by atoms with Crippen LogP contribution in [0.1, 0.15) is 31.7 Å². The Morgan fingerprint density at radius 1 is 1.12 bits per heavy atom. The van der Waals surface area contributed by atoms with Crippen molar-refractivity contribution in [2.24, 2.45) is 0 Å². The van der Waals surface area contributed by atoms with Crippen molar-refractivity contribution >= 4 is 29.8 Å². The smallest absolute Gasteiger partial charge is 0.493 e. The van der Waals surface area contributed by atoms with Gasteiger partial charge in [-0.3, -0.25) is 0 Å². The highest BCUT2D eigenvalue weighted by Gasteiger charge is 2.20. The first-order valence-corrected chi connectivity index (χ1v) is 9.50. The number of hydrogen-bond acceptors (Lipinski definition) is 2. The number of hydrogen-bond donors (Lipinski definition) is 0. The normalized spacial score (nSPS) is 15.3. The Kier molecular flexibility index (Phi) is 9.71. The van der Waals surface area contributed by atoms with E-state index in [-0.39, 0.29) is 0 Å². The van der Waals surface area contributed by atoms with Crippen molar-refractivity contribution in [2.45, 2.75) is 26.2 Å². The topological polar surface area (TPSA) is 12.2 Å². The average Bonchev–Trinajstić information content (AvgIpc) is 2.59. The van der Waals surface area contributed by atoms with Crippen molar-refractivity contribution < 1.29 is 26.6 Å². The van der Waals surface area contributed by atoms with Crippen LogP contribution in [0, 0.1) is 0 Å². The Bertz CT molecular complexity index is 562. The quantitative estimate of drug-likeness (QED) is 0.231. The van der Waals surface area contributed by atoms with Crippen LogP contribution in [0.5, 0.6) is 0 Å². The summed E-state index contributed by atoms with van der Waals surface area (Å²) in [6.07, 6.45) is 8.31. The van der Waals surface area contributed by atoms with Crippen LogP contribution in [0.2, 0.25) is 0 Å². The van der Waals surface area contributed by atoms with Gasteiger partial charge in [-0.15, -0.1) is 0 Å². The maximum absolute atomic E-state index is 9.75. The maximum atomic E-state index is 9.75. The van der Waals surface area contributed by atoms with Gasteiger partial charge in [-0.25, -0.2) is 4.58 Å². The molecule has 1 aromatic rings. The van der Waals surface area contributed by atoms with E-state index in [0.29, 0.717) is 6.61 Å². The van der Waals surface area contributed by atoms with Gasteiger partial charge in [0.05, 0.1) is 12.7 Å². The number of thioether (sulfide) groups is 1. The zero-order valence-electron chi connectivity index (χ0n) is 14.6. The zero-order valence-corrected chi connectivity index (χ0v) is 15.4. The molecule has 0 unspecified atom stereocenters. The Hall–Kier alpha value is -1.44. The average molecular weight is 377 g/mol. The van der Waals surface area contributed by atoms with E-state index >= 15 is 0 Å². The molecule has 1 heterocycles. The predicted octanol–water partition coefficient (Wildman–Crippen LogP) is 5.32. The molecule has 0 atom stereocenters. The van der Waals surface area contributed by atoms with Gasteiger partial charge in [0.2, 0.25) is 5.04 Å². The van der Waals surface area contributed by atoms with Crippen LogP contribution in [0.3, 0.4) is 0 Å². The minimum atomic E-state index is -6.00. The Labute approximate surface area is 151 Å². The fourth-order valence-electron chi connectivity index (χ4n) is 2.47. The van der Waals surface area contributed by atoms with E-state index in [2.05, 4.69) is 41.2 Å². The molecule has 0 aromatic heterocycles. The van der Waals surface area contributed by atoms with Gasteiger partial charge < -0.3 is 22.0 Å². The van der Waals surface area contributed by atoms with Crippen molar-refractivity contribution in [1.82, 2.24) is 0 Å². The highest BCUT2D eigenvalue weighted by molar-refractivity contribution is 8.13. The van der Waals surface area contributed by atoms with E-state index in [1.54, 1.807) is 0 Å². The van der Waals surface area contributed by atoms with E-state index in [4.69, 9.17) is 4.74 Å². The molecule has 1 aromatic carbocycles. The lowest BCUT2D eigenvalue weighted by atomic mass is 10.1. The van der Waals surface area contributed by atoms with E-state index in [1.165, 1.54) is 37.4 Å². The van der Waals surface area contributed by atoms with Crippen molar-refractivity contribution in [2.75, 3.05) is 26.0 Å². The molecule has 0 radical (unpaired) electrons. The van der Waals surface area contributed by atoms with Crippen LogP contribution in [0.15, 0.2) is 36.4 Å². The summed E-state index contributed by atoms with van der Waals surface area (Å²) in [4.78, 5) is 0. The number of benzene rings is 1. The molecule has 0 N–H and O–H groups in total. The molecule has 0 aliphatic carbocycles.